The second kappa shape index (κ2) is 7.71. The van der Waals surface area contributed by atoms with Gasteiger partial charge in [0.25, 0.3) is 0 Å². The first-order chi connectivity index (χ1) is 14.0. The Morgan fingerprint density at radius 1 is 1.21 bits per heavy atom. The number of carbonyl (C=O) groups is 1. The van der Waals surface area contributed by atoms with Gasteiger partial charge in [0.1, 0.15) is 22.4 Å². The number of nitrogens with zero attached hydrogens (tertiary/aromatic N) is 3. The first kappa shape index (κ1) is 19.8. The molecule has 0 atom stereocenters. The predicted molar refractivity (Wildman–Crippen MR) is 110 cm³/mol. The van der Waals surface area contributed by atoms with Crippen LogP contribution in [0.5, 0.6) is 17.2 Å². The fraction of sp³-hybridized carbons (Fsp3) is 0.476. The van der Waals surface area contributed by atoms with Gasteiger partial charge in [0, 0.05) is 38.4 Å². The number of aryl methyl sites for hydroxylation is 1. The van der Waals surface area contributed by atoms with E-state index >= 15 is 0 Å². The number of carbonyl (C=O) groups excluding carboxylic acids is 1. The lowest BCUT2D eigenvalue weighted by molar-refractivity contribution is 0.0207. The number of ketones is 1. The van der Waals surface area contributed by atoms with Crippen molar-refractivity contribution >= 4 is 23.2 Å². The number of piperidine rings is 1. The Balaban J connectivity index is 1.58. The molecule has 0 aliphatic carbocycles. The molecular weight excluding hydrogens is 394 g/mol. The minimum absolute atomic E-state index is 0.0685. The van der Waals surface area contributed by atoms with Crippen LogP contribution in [-0.2, 0) is 6.42 Å². The average Bonchev–Trinajstić information content (AvgIpc) is 2.72. The zero-order valence-electron chi connectivity index (χ0n) is 16.8. The lowest BCUT2D eigenvalue weighted by Crippen LogP contribution is -2.51. The molecule has 0 unspecified atom stereocenters. The number of hydrogen-bond donors (Lipinski definition) is 0. The number of anilines is 1. The second-order valence-corrected chi connectivity index (χ2v) is 7.76. The molecule has 3 heterocycles. The van der Waals surface area contributed by atoms with Crippen molar-refractivity contribution in [2.45, 2.75) is 38.2 Å². The number of Topliss-reactive ketones (excluding diaryl/α,β-unsaturated/α-hetero) is 1. The molecule has 0 radical (unpaired) electrons. The zero-order valence-corrected chi connectivity index (χ0v) is 17.6. The highest BCUT2D eigenvalue weighted by atomic mass is 35.5. The molecule has 2 aliphatic heterocycles. The monoisotopic (exact) mass is 417 g/mol. The molecule has 1 saturated heterocycles. The van der Waals surface area contributed by atoms with Crippen LogP contribution < -0.4 is 19.1 Å². The molecule has 2 aliphatic rings. The molecule has 29 heavy (non-hydrogen) atoms. The molecule has 2 aromatic rings. The maximum Gasteiger partial charge on any atom is 0.204 e. The highest BCUT2D eigenvalue weighted by Gasteiger charge is 2.44. The first-order valence-corrected chi connectivity index (χ1v) is 10.1. The van der Waals surface area contributed by atoms with Crippen LogP contribution in [0.4, 0.5) is 5.82 Å². The molecule has 154 valence electrons. The third kappa shape index (κ3) is 3.59. The van der Waals surface area contributed by atoms with E-state index in [1.165, 1.54) is 0 Å². The predicted octanol–water partition coefficient (Wildman–Crippen LogP) is 3.71. The Hall–Kier alpha value is -2.54. The lowest BCUT2D eigenvalue weighted by Gasteiger charge is -2.44. The third-order valence-electron chi connectivity index (χ3n) is 5.64. The van der Waals surface area contributed by atoms with Crippen molar-refractivity contribution in [1.29, 1.82) is 0 Å². The minimum atomic E-state index is -0.551. The lowest BCUT2D eigenvalue weighted by atomic mass is 9.82. The van der Waals surface area contributed by atoms with E-state index < -0.39 is 5.60 Å². The molecule has 1 spiro atoms. The van der Waals surface area contributed by atoms with E-state index in [1.54, 1.807) is 32.4 Å². The van der Waals surface area contributed by atoms with Gasteiger partial charge in [-0.1, -0.05) is 18.5 Å². The summed E-state index contributed by atoms with van der Waals surface area (Å²) >= 11 is 6.15. The van der Waals surface area contributed by atoms with Crippen LogP contribution >= 0.6 is 11.6 Å². The molecule has 0 bridgehead atoms. The van der Waals surface area contributed by atoms with Gasteiger partial charge in [0.15, 0.2) is 17.3 Å². The smallest absolute Gasteiger partial charge is 0.204 e. The van der Waals surface area contributed by atoms with Crippen LogP contribution in [0.1, 0.15) is 42.4 Å². The number of benzene rings is 1. The van der Waals surface area contributed by atoms with Crippen LogP contribution in [0.15, 0.2) is 18.2 Å². The van der Waals surface area contributed by atoms with E-state index in [9.17, 15) is 4.79 Å². The Bertz CT molecular complexity index is 942. The van der Waals surface area contributed by atoms with Gasteiger partial charge in [-0.25, -0.2) is 9.97 Å². The average molecular weight is 418 g/mol. The maximum absolute atomic E-state index is 12.9. The Morgan fingerprint density at radius 2 is 1.97 bits per heavy atom. The summed E-state index contributed by atoms with van der Waals surface area (Å²) < 4.78 is 17.3. The molecule has 1 aromatic heterocycles. The van der Waals surface area contributed by atoms with Crippen LogP contribution in [0.25, 0.3) is 0 Å². The summed E-state index contributed by atoms with van der Waals surface area (Å²) in [7, 11) is 3.13. The molecule has 1 fully saturated rings. The Morgan fingerprint density at radius 3 is 2.62 bits per heavy atom. The van der Waals surface area contributed by atoms with Gasteiger partial charge < -0.3 is 19.1 Å². The number of ether oxygens (including phenoxy) is 3. The van der Waals surface area contributed by atoms with Crippen LogP contribution in [-0.4, -0.2) is 48.7 Å². The largest absolute Gasteiger partial charge is 0.493 e. The van der Waals surface area contributed by atoms with Crippen molar-refractivity contribution < 1.29 is 19.0 Å². The van der Waals surface area contributed by atoms with Crippen LogP contribution in [0.2, 0.25) is 5.15 Å². The standard InChI is InChI=1S/C21H24ClN3O4/c1-4-17-23-16(22)11-18(24-17)25-9-7-21(8-10-25)12-14(26)13-5-6-15(27-2)20(28-3)19(13)29-21/h5-6,11H,4,7-10,12H2,1-3H3. The van der Waals surface area contributed by atoms with E-state index in [4.69, 9.17) is 25.8 Å². The third-order valence-corrected chi connectivity index (χ3v) is 5.84. The zero-order chi connectivity index (χ0) is 20.6. The van der Waals surface area contributed by atoms with Gasteiger partial charge in [-0.2, -0.15) is 0 Å². The fourth-order valence-electron chi connectivity index (χ4n) is 4.05. The topological polar surface area (TPSA) is 73.8 Å². The summed E-state index contributed by atoms with van der Waals surface area (Å²) in [5.41, 5.74) is -0.00385. The molecule has 8 heteroatoms. The van der Waals surface area contributed by atoms with Gasteiger partial charge in [0.2, 0.25) is 5.75 Å². The number of methoxy groups -OCH3 is 2. The van der Waals surface area contributed by atoms with E-state index in [0.717, 1.165) is 18.1 Å². The summed E-state index contributed by atoms with van der Waals surface area (Å²) in [6, 6.07) is 5.27. The first-order valence-electron chi connectivity index (χ1n) is 9.74. The van der Waals surface area contributed by atoms with E-state index in [-0.39, 0.29) is 5.78 Å². The van der Waals surface area contributed by atoms with Crippen molar-refractivity contribution in [2.75, 3.05) is 32.2 Å². The summed E-state index contributed by atoms with van der Waals surface area (Å²) in [5.74, 6) is 3.11. The number of hydrogen-bond acceptors (Lipinski definition) is 7. The van der Waals surface area contributed by atoms with Gasteiger partial charge in [-0.3, -0.25) is 4.79 Å². The highest BCUT2D eigenvalue weighted by Crippen LogP contribution is 2.48. The summed E-state index contributed by atoms with van der Waals surface area (Å²) in [4.78, 5) is 23.9. The van der Waals surface area contributed by atoms with Crippen LogP contribution in [0.3, 0.4) is 0 Å². The van der Waals surface area contributed by atoms with E-state index in [2.05, 4.69) is 14.9 Å². The maximum atomic E-state index is 12.9. The van der Waals surface area contributed by atoms with Gasteiger partial charge in [-0.15, -0.1) is 0 Å². The van der Waals surface area contributed by atoms with Crippen LogP contribution in [0, 0.1) is 0 Å². The molecule has 4 rings (SSSR count). The molecule has 0 amide bonds. The molecule has 0 saturated carbocycles. The summed E-state index contributed by atoms with van der Waals surface area (Å²) in [6.45, 7) is 3.43. The van der Waals surface area contributed by atoms with Crippen molar-refractivity contribution in [2.24, 2.45) is 0 Å². The molecule has 7 nitrogen and oxygen atoms in total. The quantitative estimate of drug-likeness (QED) is 0.702. The van der Waals surface area contributed by atoms with E-state index in [0.29, 0.717) is 60.3 Å². The minimum Gasteiger partial charge on any atom is -0.493 e. The second-order valence-electron chi connectivity index (χ2n) is 7.37. The molecule has 1 aromatic carbocycles. The number of aromatic nitrogens is 2. The van der Waals surface area contributed by atoms with Crippen molar-refractivity contribution in [1.82, 2.24) is 9.97 Å². The van der Waals surface area contributed by atoms with Gasteiger partial charge in [-0.05, 0) is 12.1 Å². The van der Waals surface area contributed by atoms with Gasteiger partial charge >= 0.3 is 0 Å². The van der Waals surface area contributed by atoms with Gasteiger partial charge in [0.05, 0.1) is 26.2 Å². The van der Waals surface area contributed by atoms with Crippen molar-refractivity contribution in [3.63, 3.8) is 0 Å². The Labute approximate surface area is 174 Å². The number of rotatable bonds is 4. The van der Waals surface area contributed by atoms with Crippen molar-refractivity contribution in [3.8, 4) is 17.2 Å². The SMILES string of the molecule is CCc1nc(Cl)cc(N2CCC3(CC2)CC(=O)c2ccc(OC)c(OC)c2O3)n1. The fourth-order valence-corrected chi connectivity index (χ4v) is 4.25. The summed E-state index contributed by atoms with van der Waals surface area (Å²) in [5, 5.41) is 0.446. The van der Waals surface area contributed by atoms with Crippen molar-refractivity contribution in [3.05, 3.63) is 34.7 Å². The van der Waals surface area contributed by atoms with E-state index in [1.807, 2.05) is 6.92 Å². The number of halogens is 1. The molecule has 0 N–H and O–H groups in total. The number of fused-ring (bicyclic) bond motifs is 1. The normalized spacial score (nSPS) is 17.7. The Kier molecular flexibility index (Phi) is 5.25. The highest BCUT2D eigenvalue weighted by molar-refractivity contribution is 6.29. The molecular formula is C21H24ClN3O4. The summed E-state index contributed by atoms with van der Waals surface area (Å²) in [6.07, 6.45) is 2.47.